The fraction of sp³-hybridized carbons (Fsp3) is 0.462. The number of nitrogens with one attached hydrogen (secondary N) is 1. The van der Waals surface area contributed by atoms with E-state index in [1.165, 1.54) is 12.1 Å². The molecule has 0 aliphatic heterocycles. The fourth-order valence-corrected chi connectivity index (χ4v) is 3.21. The number of hydrogen-bond donors (Lipinski definition) is 2. The van der Waals surface area contributed by atoms with Crippen LogP contribution in [-0.2, 0) is 10.0 Å². The van der Waals surface area contributed by atoms with Gasteiger partial charge in [-0.1, -0.05) is 50.7 Å². The summed E-state index contributed by atoms with van der Waals surface area (Å²) in [6, 6.07) is 4.42. The summed E-state index contributed by atoms with van der Waals surface area (Å²) in [4.78, 5) is 0.213. The van der Waals surface area contributed by atoms with Crippen molar-refractivity contribution < 1.29 is 8.42 Å². The Morgan fingerprint density at radius 1 is 1.40 bits per heavy atom. The predicted molar refractivity (Wildman–Crippen MR) is 86.6 cm³/mol. The highest BCUT2D eigenvalue weighted by Gasteiger charge is 2.19. The molecule has 0 heterocycles. The molecule has 0 aliphatic rings. The summed E-state index contributed by atoms with van der Waals surface area (Å²) in [5.74, 6) is 0. The number of nitrogens with two attached hydrogens (primary N) is 1. The lowest BCUT2D eigenvalue weighted by molar-refractivity contribution is 0.378. The molecule has 20 heavy (non-hydrogen) atoms. The highest BCUT2D eigenvalue weighted by molar-refractivity contribution is 7.89. The molecule has 1 aromatic rings. The van der Waals surface area contributed by atoms with Crippen LogP contribution >= 0.6 is 23.8 Å². The molecule has 0 radical (unpaired) electrons. The molecule has 1 rings (SSSR count). The molecular formula is C13H19ClN2O2S2. The summed E-state index contributed by atoms with van der Waals surface area (Å²) < 4.78 is 26.9. The minimum Gasteiger partial charge on any atom is -0.389 e. The molecule has 0 aromatic heterocycles. The Hall–Kier alpha value is -0.690. The van der Waals surface area contributed by atoms with Crippen molar-refractivity contribution in [3.05, 3.63) is 28.8 Å². The zero-order chi connectivity index (χ0) is 15.6. The van der Waals surface area contributed by atoms with Crippen LogP contribution in [0.5, 0.6) is 0 Å². The highest BCUT2D eigenvalue weighted by atomic mass is 35.5. The van der Waals surface area contributed by atoms with Gasteiger partial charge < -0.3 is 5.73 Å². The van der Waals surface area contributed by atoms with E-state index in [2.05, 4.69) is 4.72 Å². The van der Waals surface area contributed by atoms with Crippen molar-refractivity contribution in [2.75, 3.05) is 6.54 Å². The molecule has 0 bridgehead atoms. The molecule has 112 valence electrons. The molecule has 0 spiro atoms. The second kappa shape index (κ2) is 6.39. The Morgan fingerprint density at radius 2 is 2.00 bits per heavy atom. The number of rotatable bonds is 5. The summed E-state index contributed by atoms with van der Waals surface area (Å²) >= 11 is 10.8. The van der Waals surface area contributed by atoms with Crippen LogP contribution in [0, 0.1) is 5.41 Å². The van der Waals surface area contributed by atoms with Crippen LogP contribution in [0.15, 0.2) is 23.1 Å². The molecule has 3 N–H and O–H groups in total. The molecule has 0 unspecified atom stereocenters. The van der Waals surface area contributed by atoms with Crippen LogP contribution < -0.4 is 10.5 Å². The summed E-state index contributed by atoms with van der Waals surface area (Å²) in [5, 5.41) is 0.110. The average molecular weight is 335 g/mol. The number of sulfonamides is 1. The predicted octanol–water partition coefficient (Wildman–Crippen LogP) is 2.69. The van der Waals surface area contributed by atoms with E-state index in [4.69, 9.17) is 29.6 Å². The summed E-state index contributed by atoms with van der Waals surface area (Å²) in [7, 11) is -3.62. The van der Waals surface area contributed by atoms with Gasteiger partial charge in [-0.15, -0.1) is 0 Å². The molecule has 0 saturated carbocycles. The lowest BCUT2D eigenvalue weighted by atomic mass is 9.93. The van der Waals surface area contributed by atoms with Crippen LogP contribution in [0.4, 0.5) is 0 Å². The third-order valence-electron chi connectivity index (χ3n) is 2.67. The van der Waals surface area contributed by atoms with E-state index >= 15 is 0 Å². The van der Waals surface area contributed by atoms with Crippen molar-refractivity contribution in [1.82, 2.24) is 4.72 Å². The number of benzene rings is 1. The van der Waals surface area contributed by atoms with Crippen LogP contribution in [0.25, 0.3) is 0 Å². The van der Waals surface area contributed by atoms with Crippen LogP contribution in [0.3, 0.4) is 0 Å². The van der Waals surface area contributed by atoms with Crippen molar-refractivity contribution in [2.45, 2.75) is 32.1 Å². The SMILES string of the molecule is CC(C)(C)CCNS(=O)(=O)c1ccc(C(N)=S)cc1Cl. The van der Waals surface area contributed by atoms with E-state index in [9.17, 15) is 8.42 Å². The normalized spacial score (nSPS) is 12.4. The summed E-state index contributed by atoms with van der Waals surface area (Å²) in [6.07, 6.45) is 0.731. The maximum Gasteiger partial charge on any atom is 0.242 e. The van der Waals surface area contributed by atoms with E-state index in [1.807, 2.05) is 20.8 Å². The maximum absolute atomic E-state index is 12.2. The average Bonchev–Trinajstić information content (AvgIpc) is 2.26. The van der Waals surface area contributed by atoms with Crippen molar-refractivity contribution in [2.24, 2.45) is 11.1 Å². The van der Waals surface area contributed by atoms with Gasteiger partial charge in [0, 0.05) is 12.1 Å². The van der Waals surface area contributed by atoms with Gasteiger partial charge in [0.1, 0.15) is 9.88 Å². The quantitative estimate of drug-likeness (QED) is 0.812. The van der Waals surface area contributed by atoms with Gasteiger partial charge in [-0.3, -0.25) is 0 Å². The Morgan fingerprint density at radius 3 is 2.45 bits per heavy atom. The van der Waals surface area contributed by atoms with E-state index in [0.29, 0.717) is 12.1 Å². The van der Waals surface area contributed by atoms with Gasteiger partial charge in [-0.25, -0.2) is 13.1 Å². The van der Waals surface area contributed by atoms with Crippen LogP contribution in [0.2, 0.25) is 5.02 Å². The fourth-order valence-electron chi connectivity index (χ4n) is 1.51. The lowest BCUT2D eigenvalue weighted by Gasteiger charge is -2.18. The molecule has 7 heteroatoms. The van der Waals surface area contributed by atoms with Crippen molar-refractivity contribution >= 4 is 38.8 Å². The molecule has 4 nitrogen and oxygen atoms in total. The molecule has 0 fully saturated rings. The smallest absolute Gasteiger partial charge is 0.242 e. The van der Waals surface area contributed by atoms with Gasteiger partial charge in [-0.2, -0.15) is 0 Å². The first-order valence-electron chi connectivity index (χ1n) is 6.12. The Balaban J connectivity index is 2.91. The minimum absolute atomic E-state index is 0.0353. The second-order valence-electron chi connectivity index (χ2n) is 5.72. The first-order valence-corrected chi connectivity index (χ1v) is 8.39. The van der Waals surface area contributed by atoms with Crippen molar-refractivity contribution in [1.29, 1.82) is 0 Å². The van der Waals surface area contributed by atoms with Gasteiger partial charge in [0.05, 0.1) is 5.02 Å². The first kappa shape index (κ1) is 17.4. The van der Waals surface area contributed by atoms with Gasteiger partial charge in [0.15, 0.2) is 0 Å². The lowest BCUT2D eigenvalue weighted by Crippen LogP contribution is -2.27. The highest BCUT2D eigenvalue weighted by Crippen LogP contribution is 2.23. The topological polar surface area (TPSA) is 72.2 Å². The molecule has 0 aliphatic carbocycles. The molecule has 1 aromatic carbocycles. The monoisotopic (exact) mass is 334 g/mol. The molecule has 0 amide bonds. The Kier molecular flexibility index (Phi) is 5.54. The first-order chi connectivity index (χ1) is 9.03. The van der Waals surface area contributed by atoms with Crippen LogP contribution in [0.1, 0.15) is 32.8 Å². The number of hydrogen-bond acceptors (Lipinski definition) is 3. The minimum atomic E-state index is -3.62. The standard InChI is InChI=1S/C13H19ClN2O2S2/c1-13(2,3)6-7-16-20(17,18)11-5-4-9(12(15)19)8-10(11)14/h4-5,8,16H,6-7H2,1-3H3,(H2,15,19). The van der Waals surface area contributed by atoms with Gasteiger partial charge in [0.2, 0.25) is 10.0 Å². The zero-order valence-corrected chi connectivity index (χ0v) is 14.1. The number of thiocarbonyl (C=S) groups is 1. The van der Waals surface area contributed by atoms with Crippen molar-refractivity contribution in [3.8, 4) is 0 Å². The second-order valence-corrected chi connectivity index (χ2v) is 8.30. The largest absolute Gasteiger partial charge is 0.389 e. The van der Waals surface area contributed by atoms with E-state index < -0.39 is 10.0 Å². The van der Waals surface area contributed by atoms with Gasteiger partial charge in [0.25, 0.3) is 0 Å². The Labute approximate surface area is 130 Å². The third kappa shape index (κ3) is 5.01. The van der Waals surface area contributed by atoms with E-state index in [-0.39, 0.29) is 20.3 Å². The third-order valence-corrected chi connectivity index (χ3v) is 4.85. The molecular weight excluding hydrogens is 316 g/mol. The van der Waals surface area contributed by atoms with Gasteiger partial charge >= 0.3 is 0 Å². The molecule has 0 atom stereocenters. The van der Waals surface area contributed by atoms with Crippen molar-refractivity contribution in [3.63, 3.8) is 0 Å². The molecule has 0 saturated heterocycles. The van der Waals surface area contributed by atoms with Crippen LogP contribution in [-0.4, -0.2) is 20.0 Å². The maximum atomic E-state index is 12.2. The van der Waals surface area contributed by atoms with Gasteiger partial charge in [-0.05, 0) is 24.0 Å². The summed E-state index contributed by atoms with van der Waals surface area (Å²) in [5.41, 5.74) is 6.08. The zero-order valence-electron chi connectivity index (χ0n) is 11.7. The Bertz CT molecular complexity index is 607. The summed E-state index contributed by atoms with van der Waals surface area (Å²) in [6.45, 7) is 6.50. The van der Waals surface area contributed by atoms with E-state index in [1.54, 1.807) is 6.07 Å². The number of halogens is 1. The van der Waals surface area contributed by atoms with E-state index in [0.717, 1.165) is 6.42 Å².